The summed E-state index contributed by atoms with van der Waals surface area (Å²) in [5.41, 5.74) is -0.125. The van der Waals surface area contributed by atoms with E-state index in [2.05, 4.69) is 4.72 Å². The van der Waals surface area contributed by atoms with Crippen LogP contribution in [0, 0.1) is 0 Å². The zero-order chi connectivity index (χ0) is 15.0. The van der Waals surface area contributed by atoms with E-state index in [1.165, 1.54) is 35.7 Å². The largest absolute Gasteiger partial charge is 0.278 e. The van der Waals surface area contributed by atoms with E-state index in [1.807, 2.05) is 0 Å². The summed E-state index contributed by atoms with van der Waals surface area (Å²) in [7, 11) is -8.01. The van der Waals surface area contributed by atoms with Gasteiger partial charge in [-0.1, -0.05) is 23.7 Å². The zero-order valence-corrected chi connectivity index (χ0v) is 13.0. The van der Waals surface area contributed by atoms with E-state index >= 15 is 0 Å². The monoisotopic (exact) mass is 352 g/mol. The van der Waals surface area contributed by atoms with Crippen LogP contribution in [0.15, 0.2) is 44.8 Å². The van der Waals surface area contributed by atoms with Crippen molar-refractivity contribution in [3.63, 3.8) is 0 Å². The highest BCUT2D eigenvalue weighted by molar-refractivity contribution is 7.95. The van der Waals surface area contributed by atoms with E-state index in [0.29, 0.717) is 0 Å². The number of rotatable bonds is 4. The quantitative estimate of drug-likeness (QED) is 0.875. The summed E-state index contributed by atoms with van der Waals surface area (Å²) in [5, 5.41) is 6.62. The van der Waals surface area contributed by atoms with Crippen molar-refractivity contribution in [2.45, 2.75) is 9.10 Å². The van der Waals surface area contributed by atoms with E-state index in [0.717, 1.165) is 11.3 Å². The number of primary sulfonamides is 1. The Hall–Kier alpha value is -1.13. The molecule has 0 radical (unpaired) electrons. The van der Waals surface area contributed by atoms with Gasteiger partial charge in [0.05, 0.1) is 10.7 Å². The molecular formula is C10H9ClN2O4S3. The highest BCUT2D eigenvalue weighted by atomic mass is 35.5. The third kappa shape index (κ3) is 3.13. The smallest absolute Gasteiger partial charge is 0.272 e. The molecule has 2 rings (SSSR count). The molecule has 20 heavy (non-hydrogen) atoms. The van der Waals surface area contributed by atoms with Gasteiger partial charge in [0.25, 0.3) is 10.0 Å². The third-order valence-corrected chi connectivity index (χ3v) is 6.62. The third-order valence-electron chi connectivity index (χ3n) is 2.27. The Morgan fingerprint density at radius 2 is 1.75 bits per heavy atom. The fourth-order valence-electron chi connectivity index (χ4n) is 1.46. The molecule has 1 heterocycles. The van der Waals surface area contributed by atoms with Crippen molar-refractivity contribution in [3.05, 3.63) is 40.7 Å². The van der Waals surface area contributed by atoms with Crippen LogP contribution in [0.5, 0.6) is 0 Å². The highest BCUT2D eigenvalue weighted by Crippen LogP contribution is 2.30. The second-order valence-electron chi connectivity index (χ2n) is 3.70. The Labute approximate surface area is 125 Å². The van der Waals surface area contributed by atoms with Crippen LogP contribution in [0.4, 0.5) is 5.69 Å². The number of nitrogens with one attached hydrogen (secondary N) is 1. The molecule has 1 aromatic carbocycles. The van der Waals surface area contributed by atoms with Crippen LogP contribution in [0.1, 0.15) is 0 Å². The topological polar surface area (TPSA) is 106 Å². The summed E-state index contributed by atoms with van der Waals surface area (Å²) < 4.78 is 49.2. The number of hydrogen-bond donors (Lipinski definition) is 2. The summed E-state index contributed by atoms with van der Waals surface area (Å²) in [4.78, 5) is -0.309. The Balaban J connectivity index is 2.49. The SMILES string of the molecule is NS(=O)(=O)c1ccccc1NS(=O)(=O)c1sccc1Cl. The summed E-state index contributed by atoms with van der Waals surface area (Å²) in [6.45, 7) is 0. The fraction of sp³-hybridized carbons (Fsp3) is 0. The predicted molar refractivity (Wildman–Crippen MR) is 78.0 cm³/mol. The molecule has 3 N–H and O–H groups in total. The summed E-state index contributed by atoms with van der Waals surface area (Å²) >= 11 is 6.69. The molecule has 0 amide bonds. The molecule has 0 aliphatic carbocycles. The van der Waals surface area contributed by atoms with Crippen LogP contribution in [0.2, 0.25) is 5.02 Å². The van der Waals surface area contributed by atoms with Crippen LogP contribution in [0.25, 0.3) is 0 Å². The van der Waals surface area contributed by atoms with Crippen molar-refractivity contribution in [1.29, 1.82) is 0 Å². The number of benzene rings is 1. The summed E-state index contributed by atoms with van der Waals surface area (Å²) in [6.07, 6.45) is 0. The molecule has 6 nitrogen and oxygen atoms in total. The predicted octanol–water partition coefficient (Wildman–Crippen LogP) is 1.85. The number of thiophene rings is 1. The van der Waals surface area contributed by atoms with Crippen molar-refractivity contribution >= 4 is 48.7 Å². The maximum atomic E-state index is 12.1. The molecule has 0 spiro atoms. The first-order valence-electron chi connectivity index (χ1n) is 5.09. The number of halogens is 1. The van der Waals surface area contributed by atoms with Gasteiger partial charge in [0.15, 0.2) is 4.21 Å². The summed E-state index contributed by atoms with van der Waals surface area (Å²) in [5.74, 6) is 0. The number of anilines is 1. The average Bonchev–Trinajstić information content (AvgIpc) is 2.75. The van der Waals surface area contributed by atoms with Crippen LogP contribution < -0.4 is 9.86 Å². The second-order valence-corrected chi connectivity index (χ2v) is 8.43. The fourth-order valence-corrected chi connectivity index (χ4v) is 4.99. The number of para-hydroxylation sites is 1. The number of hydrogen-bond acceptors (Lipinski definition) is 5. The molecular weight excluding hydrogens is 344 g/mol. The maximum absolute atomic E-state index is 12.1. The Morgan fingerprint density at radius 1 is 1.10 bits per heavy atom. The van der Waals surface area contributed by atoms with E-state index < -0.39 is 20.0 Å². The van der Waals surface area contributed by atoms with Gasteiger partial charge < -0.3 is 0 Å². The van der Waals surface area contributed by atoms with Gasteiger partial charge in [0, 0.05) is 0 Å². The molecule has 0 bridgehead atoms. The van der Waals surface area contributed by atoms with E-state index in [9.17, 15) is 16.8 Å². The molecule has 108 valence electrons. The van der Waals surface area contributed by atoms with Gasteiger partial charge in [-0.15, -0.1) is 11.3 Å². The minimum absolute atomic E-state index is 0.0654. The van der Waals surface area contributed by atoms with Crippen molar-refractivity contribution in [2.24, 2.45) is 5.14 Å². The Kier molecular flexibility index (Phi) is 4.07. The first-order valence-corrected chi connectivity index (χ1v) is 9.38. The van der Waals surface area contributed by atoms with Gasteiger partial charge in [0.1, 0.15) is 4.90 Å². The minimum atomic E-state index is -4.04. The zero-order valence-electron chi connectivity index (χ0n) is 9.78. The first-order chi connectivity index (χ1) is 9.22. The molecule has 0 saturated heterocycles. The van der Waals surface area contributed by atoms with Crippen molar-refractivity contribution in [2.75, 3.05) is 4.72 Å². The van der Waals surface area contributed by atoms with Crippen LogP contribution in [-0.4, -0.2) is 16.8 Å². The standard InChI is InChI=1S/C10H9ClN2O4S3/c11-7-5-6-18-10(7)20(16,17)13-8-3-1-2-4-9(8)19(12,14)15/h1-6,13H,(H2,12,14,15). The second kappa shape index (κ2) is 5.34. The maximum Gasteiger partial charge on any atom is 0.272 e. The van der Waals surface area contributed by atoms with Gasteiger partial charge in [-0.25, -0.2) is 22.0 Å². The molecule has 10 heteroatoms. The van der Waals surface area contributed by atoms with Gasteiger partial charge in [-0.3, -0.25) is 4.72 Å². The van der Waals surface area contributed by atoms with E-state index in [-0.39, 0.29) is 19.8 Å². The Bertz CT molecular complexity index is 843. The summed E-state index contributed by atoms with van der Waals surface area (Å²) in [6, 6.07) is 6.88. The van der Waals surface area contributed by atoms with Gasteiger partial charge in [0.2, 0.25) is 10.0 Å². The first kappa shape index (κ1) is 15.3. The molecule has 0 aliphatic heterocycles. The Morgan fingerprint density at radius 3 is 2.30 bits per heavy atom. The molecule has 0 saturated carbocycles. The lowest BCUT2D eigenvalue weighted by Gasteiger charge is -2.10. The molecule has 2 aromatic rings. The van der Waals surface area contributed by atoms with Gasteiger partial charge in [-0.05, 0) is 23.6 Å². The average molecular weight is 353 g/mol. The molecule has 0 fully saturated rings. The lowest BCUT2D eigenvalue weighted by Crippen LogP contribution is -2.18. The van der Waals surface area contributed by atoms with Crippen LogP contribution in [0.3, 0.4) is 0 Å². The van der Waals surface area contributed by atoms with Crippen LogP contribution >= 0.6 is 22.9 Å². The van der Waals surface area contributed by atoms with E-state index in [1.54, 1.807) is 0 Å². The molecule has 0 atom stereocenters. The minimum Gasteiger partial charge on any atom is -0.278 e. The molecule has 0 aliphatic rings. The lowest BCUT2D eigenvalue weighted by molar-refractivity contribution is 0.598. The van der Waals surface area contributed by atoms with Gasteiger partial charge >= 0.3 is 0 Å². The van der Waals surface area contributed by atoms with Crippen molar-refractivity contribution in [3.8, 4) is 0 Å². The van der Waals surface area contributed by atoms with Crippen LogP contribution in [-0.2, 0) is 20.0 Å². The highest BCUT2D eigenvalue weighted by Gasteiger charge is 2.23. The molecule has 0 unspecified atom stereocenters. The van der Waals surface area contributed by atoms with Crippen molar-refractivity contribution in [1.82, 2.24) is 0 Å². The van der Waals surface area contributed by atoms with Crippen molar-refractivity contribution < 1.29 is 16.8 Å². The van der Waals surface area contributed by atoms with E-state index in [4.69, 9.17) is 16.7 Å². The lowest BCUT2D eigenvalue weighted by atomic mass is 10.3. The molecule has 1 aromatic heterocycles. The normalized spacial score (nSPS) is 12.3. The number of sulfonamides is 2. The van der Waals surface area contributed by atoms with Gasteiger partial charge in [-0.2, -0.15) is 0 Å². The number of nitrogens with two attached hydrogens (primary N) is 1.